The summed E-state index contributed by atoms with van der Waals surface area (Å²) in [4.78, 5) is 2.77. The van der Waals surface area contributed by atoms with Crippen LogP contribution in [0.25, 0.3) is 0 Å². The molecule has 0 spiro atoms. The van der Waals surface area contributed by atoms with Crippen molar-refractivity contribution >= 4 is 15.9 Å². The lowest BCUT2D eigenvalue weighted by Gasteiger charge is -2.37. The van der Waals surface area contributed by atoms with Gasteiger partial charge in [0, 0.05) is 11.4 Å². The van der Waals surface area contributed by atoms with Crippen LogP contribution in [0.15, 0.2) is 0 Å². The molecule has 114 valence electrons. The summed E-state index contributed by atoms with van der Waals surface area (Å²) in [6.07, 6.45) is 17.2. The van der Waals surface area contributed by atoms with Crippen LogP contribution in [0.4, 0.5) is 0 Å². The Morgan fingerprint density at radius 2 is 1.42 bits per heavy atom. The van der Waals surface area contributed by atoms with Gasteiger partial charge in [-0.2, -0.15) is 0 Å². The molecule has 0 N–H and O–H groups in total. The molecule has 0 aromatic rings. The molecule has 1 fully saturated rings. The molecule has 19 heavy (non-hydrogen) atoms. The van der Waals surface area contributed by atoms with Crippen LogP contribution in [-0.4, -0.2) is 29.4 Å². The first-order chi connectivity index (χ1) is 9.38. The summed E-state index contributed by atoms with van der Waals surface area (Å²) in [6.45, 7) is 4.96. The molecule has 0 bridgehead atoms. The second-order valence-electron chi connectivity index (χ2n) is 6.14. The lowest BCUT2D eigenvalue weighted by Crippen LogP contribution is -2.41. The zero-order valence-electron chi connectivity index (χ0n) is 13.0. The summed E-state index contributed by atoms with van der Waals surface area (Å²) < 4.78 is 0. The summed E-state index contributed by atoms with van der Waals surface area (Å²) in [5.41, 5.74) is 0. The van der Waals surface area contributed by atoms with E-state index in [1.165, 1.54) is 90.1 Å². The molecule has 0 unspecified atom stereocenters. The molecule has 1 rings (SSSR count). The fraction of sp³-hybridized carbons (Fsp3) is 1.00. The number of hydrogen-bond acceptors (Lipinski definition) is 1. The number of unbranched alkanes of at least 4 members (excludes halogenated alkanes) is 7. The Labute approximate surface area is 129 Å². The van der Waals surface area contributed by atoms with Gasteiger partial charge in [0.15, 0.2) is 0 Å². The van der Waals surface area contributed by atoms with Gasteiger partial charge in [-0.15, -0.1) is 0 Å². The fourth-order valence-electron chi connectivity index (χ4n) is 2.94. The van der Waals surface area contributed by atoms with Crippen molar-refractivity contribution in [2.75, 3.05) is 18.4 Å². The van der Waals surface area contributed by atoms with Crippen molar-refractivity contribution in [1.82, 2.24) is 4.90 Å². The smallest absolute Gasteiger partial charge is 0.00952 e. The molecule has 0 amide bonds. The predicted octanol–water partition coefficient (Wildman–Crippen LogP) is 5.77. The molecule has 0 aromatic carbocycles. The fourth-order valence-corrected chi connectivity index (χ4v) is 3.19. The summed E-state index contributed by atoms with van der Waals surface area (Å²) >= 11 is 3.56. The molecule has 1 nitrogen and oxygen atoms in total. The van der Waals surface area contributed by atoms with Crippen molar-refractivity contribution in [1.29, 1.82) is 0 Å². The maximum Gasteiger partial charge on any atom is 0.00952 e. The van der Waals surface area contributed by atoms with Gasteiger partial charge in [0.1, 0.15) is 0 Å². The van der Waals surface area contributed by atoms with E-state index in [0.717, 1.165) is 11.4 Å². The molecule has 0 saturated heterocycles. The topological polar surface area (TPSA) is 3.24 Å². The van der Waals surface area contributed by atoms with Crippen LogP contribution in [0.5, 0.6) is 0 Å². The number of alkyl halides is 1. The molecule has 1 saturated carbocycles. The van der Waals surface area contributed by atoms with Crippen molar-refractivity contribution in [3.05, 3.63) is 0 Å². The number of hydrogen-bond donors (Lipinski definition) is 0. The van der Waals surface area contributed by atoms with Crippen molar-refractivity contribution in [2.24, 2.45) is 0 Å². The number of nitrogens with zero attached hydrogens (tertiary/aromatic N) is 1. The Balaban J connectivity index is 1.95. The molecule has 2 heteroatoms. The number of rotatable bonds is 13. The highest BCUT2D eigenvalue weighted by Gasteiger charge is 2.23. The predicted molar refractivity (Wildman–Crippen MR) is 90.2 cm³/mol. The van der Waals surface area contributed by atoms with Gasteiger partial charge in [-0.25, -0.2) is 0 Å². The van der Waals surface area contributed by atoms with Crippen LogP contribution < -0.4 is 0 Å². The summed E-state index contributed by atoms with van der Waals surface area (Å²) in [7, 11) is 0. The molecular formula is C17H34BrN. The Hall–Kier alpha value is 0.440. The molecule has 1 aliphatic carbocycles. The van der Waals surface area contributed by atoms with Crippen LogP contribution >= 0.6 is 15.9 Å². The molecule has 1 aliphatic rings. The van der Waals surface area contributed by atoms with Gasteiger partial charge in [-0.1, -0.05) is 74.2 Å². The summed E-state index contributed by atoms with van der Waals surface area (Å²) in [5, 5.41) is 1.16. The highest BCUT2D eigenvalue weighted by molar-refractivity contribution is 9.09. The van der Waals surface area contributed by atoms with E-state index >= 15 is 0 Å². The van der Waals surface area contributed by atoms with Gasteiger partial charge in [-0.05, 0) is 38.8 Å². The van der Waals surface area contributed by atoms with Crippen LogP contribution in [-0.2, 0) is 0 Å². The third-order valence-corrected chi connectivity index (χ3v) is 5.03. The molecule has 0 atom stereocenters. The number of halogens is 1. The van der Waals surface area contributed by atoms with Crippen molar-refractivity contribution in [2.45, 2.75) is 90.0 Å². The largest absolute Gasteiger partial charge is 0.300 e. The Kier molecular flexibility index (Phi) is 11.2. The molecule has 0 radical (unpaired) electrons. The second kappa shape index (κ2) is 12.2. The monoisotopic (exact) mass is 331 g/mol. The van der Waals surface area contributed by atoms with E-state index in [9.17, 15) is 0 Å². The normalized spacial score (nSPS) is 15.9. The maximum atomic E-state index is 3.56. The van der Waals surface area contributed by atoms with E-state index in [0.29, 0.717) is 0 Å². The first kappa shape index (κ1) is 17.5. The lowest BCUT2D eigenvalue weighted by atomic mass is 9.91. The third-order valence-electron chi connectivity index (χ3n) is 4.47. The minimum Gasteiger partial charge on any atom is -0.300 e. The quantitative estimate of drug-likeness (QED) is 0.306. The van der Waals surface area contributed by atoms with Gasteiger partial charge in [0.2, 0.25) is 0 Å². The first-order valence-corrected chi connectivity index (χ1v) is 9.80. The average Bonchev–Trinajstić information content (AvgIpc) is 2.36. The van der Waals surface area contributed by atoms with Crippen LogP contribution in [0.2, 0.25) is 0 Å². The van der Waals surface area contributed by atoms with Crippen LogP contribution in [0.3, 0.4) is 0 Å². The highest BCUT2D eigenvalue weighted by atomic mass is 79.9. The average molecular weight is 332 g/mol. The molecule has 0 aliphatic heterocycles. The first-order valence-electron chi connectivity index (χ1n) is 8.68. The van der Waals surface area contributed by atoms with E-state index in [1.54, 1.807) is 0 Å². The van der Waals surface area contributed by atoms with Gasteiger partial charge in [0.25, 0.3) is 0 Å². The zero-order chi connectivity index (χ0) is 13.8. The van der Waals surface area contributed by atoms with Crippen LogP contribution in [0, 0.1) is 0 Å². The van der Waals surface area contributed by atoms with Gasteiger partial charge in [0.05, 0.1) is 0 Å². The van der Waals surface area contributed by atoms with E-state index < -0.39 is 0 Å². The van der Waals surface area contributed by atoms with Crippen molar-refractivity contribution in [3.63, 3.8) is 0 Å². The van der Waals surface area contributed by atoms with Gasteiger partial charge < -0.3 is 4.90 Å². The summed E-state index contributed by atoms with van der Waals surface area (Å²) in [5.74, 6) is 0. The van der Waals surface area contributed by atoms with E-state index in [1.807, 2.05) is 0 Å². The van der Waals surface area contributed by atoms with Gasteiger partial charge >= 0.3 is 0 Å². The SMILES string of the molecule is CCCCCCCCCCN(CCCBr)C1CCC1. The Bertz CT molecular complexity index is 192. The Morgan fingerprint density at radius 1 is 0.842 bits per heavy atom. The van der Waals surface area contributed by atoms with E-state index in [4.69, 9.17) is 0 Å². The lowest BCUT2D eigenvalue weighted by molar-refractivity contribution is 0.125. The maximum absolute atomic E-state index is 3.56. The van der Waals surface area contributed by atoms with E-state index in [-0.39, 0.29) is 0 Å². The zero-order valence-corrected chi connectivity index (χ0v) is 14.6. The second-order valence-corrected chi connectivity index (χ2v) is 6.93. The molecular weight excluding hydrogens is 298 g/mol. The van der Waals surface area contributed by atoms with Crippen LogP contribution in [0.1, 0.15) is 84.0 Å². The molecule has 0 aromatic heterocycles. The highest BCUT2D eigenvalue weighted by Crippen LogP contribution is 2.25. The minimum atomic E-state index is 0.934. The summed E-state index contributed by atoms with van der Waals surface area (Å²) in [6, 6.07) is 0.934. The minimum absolute atomic E-state index is 0.934. The Morgan fingerprint density at radius 3 is 1.95 bits per heavy atom. The third kappa shape index (κ3) is 8.34. The van der Waals surface area contributed by atoms with E-state index in [2.05, 4.69) is 27.8 Å². The standard InChI is InChI=1S/C17H34BrN/c1-2-3-4-5-6-7-8-9-15-19(16-11-14-18)17-12-10-13-17/h17H,2-16H2,1H3. The molecule has 0 heterocycles. The van der Waals surface area contributed by atoms with Crippen molar-refractivity contribution < 1.29 is 0 Å². The van der Waals surface area contributed by atoms with Crippen molar-refractivity contribution in [3.8, 4) is 0 Å². The van der Waals surface area contributed by atoms with Gasteiger partial charge in [-0.3, -0.25) is 0 Å².